The molecule has 0 aromatic rings. The van der Waals surface area contributed by atoms with Gasteiger partial charge < -0.3 is 0 Å². The van der Waals surface area contributed by atoms with E-state index < -0.39 is 0 Å². The van der Waals surface area contributed by atoms with E-state index in [4.69, 9.17) is 0 Å². The summed E-state index contributed by atoms with van der Waals surface area (Å²) >= 11 is 0. The van der Waals surface area contributed by atoms with Crippen LogP contribution in [-0.2, 0) is 30.0 Å². The van der Waals surface area contributed by atoms with Gasteiger partial charge in [0.15, 0.2) is 0 Å². The molecule has 0 unspecified atom stereocenters. The largest absolute Gasteiger partial charge is 0.300 e. The molecule has 0 aliphatic carbocycles. The maximum atomic E-state index is 10.6. The van der Waals surface area contributed by atoms with E-state index in [1.807, 2.05) is 6.92 Å². The Kier molecular flexibility index (Phi) is 9.00. The molecule has 0 aromatic carbocycles. The number of rotatable bonds is 4. The van der Waals surface area contributed by atoms with Crippen LogP contribution in [0.15, 0.2) is 0 Å². The van der Waals surface area contributed by atoms with Crippen molar-refractivity contribution in [2.45, 2.75) is 33.1 Å². The molecule has 0 atom stereocenters. The van der Waals surface area contributed by atoms with Gasteiger partial charge in [0.1, 0.15) is 11.6 Å². The van der Waals surface area contributed by atoms with Gasteiger partial charge in [-0.25, -0.2) is 0 Å². The second-order valence-corrected chi connectivity index (χ2v) is 2.17. The molecule has 0 aliphatic heterocycles. The minimum Gasteiger partial charge on any atom is -0.300 e. The van der Waals surface area contributed by atoms with Crippen LogP contribution in [0, 0.1) is 0 Å². The Labute approximate surface area is 75.0 Å². The summed E-state index contributed by atoms with van der Waals surface area (Å²) < 4.78 is 0. The topological polar surface area (TPSA) is 34.1 Å². The summed E-state index contributed by atoms with van der Waals surface area (Å²) in [4.78, 5) is 20.9. The smallest absolute Gasteiger partial charge is 0.140 e. The first-order valence-corrected chi connectivity index (χ1v) is 3.18. The minimum atomic E-state index is -0.0338. The van der Waals surface area contributed by atoms with Gasteiger partial charge in [-0.05, 0) is 13.3 Å². The van der Waals surface area contributed by atoms with Crippen molar-refractivity contribution >= 4 is 11.6 Å². The molecule has 0 bridgehead atoms. The predicted molar refractivity (Wildman–Crippen MR) is 35.2 cm³/mol. The molecule has 0 spiro atoms. The molecule has 0 heterocycles. The van der Waals surface area contributed by atoms with E-state index in [9.17, 15) is 9.59 Å². The number of carbonyl (C=O) groups excluding carboxylic acids is 2. The van der Waals surface area contributed by atoms with Crippen LogP contribution in [-0.4, -0.2) is 11.6 Å². The molecule has 0 amide bonds. The van der Waals surface area contributed by atoms with E-state index in [1.165, 1.54) is 6.92 Å². The molecular weight excluding hydrogens is 222 g/mol. The van der Waals surface area contributed by atoms with E-state index >= 15 is 0 Å². The minimum absolute atomic E-state index is 0. The Balaban J connectivity index is 0. The molecule has 62 valence electrons. The van der Waals surface area contributed by atoms with Crippen molar-refractivity contribution < 1.29 is 30.0 Å². The van der Waals surface area contributed by atoms with E-state index in [2.05, 4.69) is 0 Å². The average molecular weight is 235 g/mol. The molecule has 0 saturated carbocycles. The van der Waals surface area contributed by atoms with E-state index in [1.54, 1.807) is 0 Å². The zero-order valence-corrected chi connectivity index (χ0v) is 7.81. The molecule has 0 N–H and O–H groups in total. The van der Waals surface area contributed by atoms with Crippen molar-refractivity contribution in [2.75, 3.05) is 0 Å². The standard InChI is InChI=1S/C7H12O2.Pd/c1-3-4-7(9)5-6(2)8;/h3-5H2,1-2H3;. The Morgan fingerprint density at radius 3 is 2.10 bits per heavy atom. The predicted octanol–water partition coefficient (Wildman–Crippen LogP) is 1.33. The summed E-state index contributed by atoms with van der Waals surface area (Å²) in [6, 6.07) is 0. The van der Waals surface area contributed by atoms with Crippen molar-refractivity contribution in [1.82, 2.24) is 0 Å². The van der Waals surface area contributed by atoms with Gasteiger partial charge in [-0.3, -0.25) is 9.59 Å². The van der Waals surface area contributed by atoms with Crippen molar-refractivity contribution in [1.29, 1.82) is 0 Å². The van der Waals surface area contributed by atoms with Crippen LogP contribution in [0.5, 0.6) is 0 Å². The van der Waals surface area contributed by atoms with Crippen LogP contribution in [0.3, 0.4) is 0 Å². The average Bonchev–Trinajstić information content (AvgIpc) is 1.63. The molecule has 0 aliphatic rings. The Morgan fingerprint density at radius 1 is 1.30 bits per heavy atom. The van der Waals surface area contributed by atoms with Crippen molar-refractivity contribution in [2.24, 2.45) is 0 Å². The van der Waals surface area contributed by atoms with Gasteiger partial charge in [-0.15, -0.1) is 0 Å². The number of hydrogen-bond acceptors (Lipinski definition) is 2. The van der Waals surface area contributed by atoms with Gasteiger partial charge in [0.25, 0.3) is 0 Å². The molecule has 3 heteroatoms. The zero-order chi connectivity index (χ0) is 7.28. The molecule has 0 radical (unpaired) electrons. The number of hydrogen-bond donors (Lipinski definition) is 0. The van der Waals surface area contributed by atoms with Crippen molar-refractivity contribution in [3.05, 3.63) is 0 Å². The van der Waals surface area contributed by atoms with Gasteiger partial charge in [-0.1, -0.05) is 6.92 Å². The first-order valence-electron chi connectivity index (χ1n) is 3.18. The maximum absolute atomic E-state index is 10.6. The third kappa shape index (κ3) is 8.00. The van der Waals surface area contributed by atoms with Crippen LogP contribution in [0.1, 0.15) is 33.1 Å². The summed E-state index contributed by atoms with van der Waals surface area (Å²) in [6.07, 6.45) is 1.50. The summed E-state index contributed by atoms with van der Waals surface area (Å²) in [5.74, 6) is 0.0263. The fourth-order valence-electron chi connectivity index (χ4n) is 0.645. The molecule has 0 aromatic heterocycles. The molecular formula is C7H12O2Pd. The molecule has 0 rings (SSSR count). The quantitative estimate of drug-likeness (QED) is 0.543. The maximum Gasteiger partial charge on any atom is 0.140 e. The third-order valence-corrected chi connectivity index (χ3v) is 0.975. The third-order valence-electron chi connectivity index (χ3n) is 0.975. The number of Topliss-reactive ketones (excluding diaryl/α,β-unsaturated/α-hetero) is 2. The molecule has 10 heavy (non-hydrogen) atoms. The summed E-state index contributed by atoms with van der Waals surface area (Å²) in [5, 5.41) is 0. The second kappa shape index (κ2) is 7.11. The Bertz CT molecular complexity index is 121. The number of carbonyl (C=O) groups is 2. The SMILES string of the molecule is CCCC(=O)CC(C)=O.[Pd]. The van der Waals surface area contributed by atoms with E-state index in [0.717, 1.165) is 6.42 Å². The van der Waals surface area contributed by atoms with Gasteiger partial charge in [0, 0.05) is 26.8 Å². The molecule has 0 fully saturated rings. The number of ketones is 2. The second-order valence-electron chi connectivity index (χ2n) is 2.17. The van der Waals surface area contributed by atoms with Crippen molar-refractivity contribution in [3.63, 3.8) is 0 Å². The van der Waals surface area contributed by atoms with Crippen LogP contribution < -0.4 is 0 Å². The Hall–Kier alpha value is 0.00234. The first kappa shape index (κ1) is 12.7. The van der Waals surface area contributed by atoms with Crippen LogP contribution in [0.2, 0.25) is 0 Å². The molecule has 0 saturated heterocycles. The first-order chi connectivity index (χ1) is 4.16. The van der Waals surface area contributed by atoms with Crippen LogP contribution >= 0.6 is 0 Å². The zero-order valence-electron chi connectivity index (χ0n) is 6.25. The van der Waals surface area contributed by atoms with Gasteiger partial charge >= 0.3 is 0 Å². The summed E-state index contributed by atoms with van der Waals surface area (Å²) in [7, 11) is 0. The van der Waals surface area contributed by atoms with Crippen molar-refractivity contribution in [3.8, 4) is 0 Å². The molecule has 2 nitrogen and oxygen atoms in total. The summed E-state index contributed by atoms with van der Waals surface area (Å²) in [5.41, 5.74) is 0. The Morgan fingerprint density at radius 2 is 1.80 bits per heavy atom. The van der Waals surface area contributed by atoms with Crippen LogP contribution in [0.25, 0.3) is 0 Å². The fourth-order valence-corrected chi connectivity index (χ4v) is 0.645. The van der Waals surface area contributed by atoms with Crippen LogP contribution in [0.4, 0.5) is 0 Å². The monoisotopic (exact) mass is 234 g/mol. The fraction of sp³-hybridized carbons (Fsp3) is 0.714. The van der Waals surface area contributed by atoms with E-state index in [-0.39, 0.29) is 38.4 Å². The van der Waals surface area contributed by atoms with E-state index in [0.29, 0.717) is 6.42 Å². The normalized spacial score (nSPS) is 8.20. The van der Waals surface area contributed by atoms with Gasteiger partial charge in [-0.2, -0.15) is 0 Å². The van der Waals surface area contributed by atoms with Gasteiger partial charge in [0.2, 0.25) is 0 Å². The van der Waals surface area contributed by atoms with Gasteiger partial charge in [0.05, 0.1) is 6.42 Å². The summed E-state index contributed by atoms with van der Waals surface area (Å²) in [6.45, 7) is 3.37.